The highest BCUT2D eigenvalue weighted by Crippen LogP contribution is 2.27. The number of pyridine rings is 2. The first-order chi connectivity index (χ1) is 10.3. The van der Waals surface area contributed by atoms with E-state index in [1.165, 1.54) is 6.42 Å². The zero-order valence-corrected chi connectivity index (χ0v) is 12.7. The minimum absolute atomic E-state index is 0.424. The molecule has 21 heavy (non-hydrogen) atoms. The summed E-state index contributed by atoms with van der Waals surface area (Å²) in [7, 11) is 0. The van der Waals surface area contributed by atoms with Gasteiger partial charge in [-0.25, -0.2) is 9.97 Å². The molecule has 0 aromatic carbocycles. The lowest BCUT2D eigenvalue weighted by molar-refractivity contribution is 0.479. The number of thioether (sulfide) groups is 1. The Morgan fingerprint density at radius 3 is 3.10 bits per heavy atom. The van der Waals surface area contributed by atoms with E-state index in [2.05, 4.69) is 26.7 Å². The maximum atomic E-state index is 9.03. The Hall–Kier alpha value is -1.84. The highest BCUT2D eigenvalue weighted by molar-refractivity contribution is 7.98. The lowest BCUT2D eigenvalue weighted by Gasteiger charge is -2.24. The lowest BCUT2D eigenvalue weighted by Crippen LogP contribution is -2.38. The second-order valence-corrected chi connectivity index (χ2v) is 5.90. The Balaban J connectivity index is 1.93. The Morgan fingerprint density at radius 2 is 2.38 bits per heavy atom. The van der Waals surface area contributed by atoms with Crippen LogP contribution in [-0.4, -0.2) is 35.4 Å². The Morgan fingerprint density at radius 1 is 1.48 bits per heavy atom. The number of anilines is 1. The first kappa shape index (κ1) is 14.1. The molecule has 2 aromatic rings. The number of rotatable bonds is 3. The third kappa shape index (κ3) is 3.09. The van der Waals surface area contributed by atoms with E-state index < -0.39 is 0 Å². The molecule has 2 N–H and O–H groups in total. The van der Waals surface area contributed by atoms with Gasteiger partial charge in [-0.2, -0.15) is 5.26 Å². The second-order valence-electron chi connectivity index (χ2n) is 5.11. The van der Waals surface area contributed by atoms with Crippen LogP contribution in [-0.2, 0) is 0 Å². The van der Waals surface area contributed by atoms with Crippen LogP contribution in [0.25, 0.3) is 10.8 Å². The third-order valence-corrected chi connectivity index (χ3v) is 4.33. The summed E-state index contributed by atoms with van der Waals surface area (Å²) in [6, 6.07) is 6.34. The molecular weight excluding hydrogens is 282 g/mol. The molecule has 5 nitrogen and oxygen atoms in total. The van der Waals surface area contributed by atoms with Crippen LogP contribution >= 0.6 is 11.8 Å². The van der Waals surface area contributed by atoms with Crippen LogP contribution in [0.5, 0.6) is 0 Å². The van der Waals surface area contributed by atoms with Crippen LogP contribution in [0, 0.1) is 11.3 Å². The van der Waals surface area contributed by atoms with Gasteiger partial charge in [-0.15, -0.1) is 11.8 Å². The Kier molecular flexibility index (Phi) is 4.23. The van der Waals surface area contributed by atoms with E-state index in [0.29, 0.717) is 11.7 Å². The van der Waals surface area contributed by atoms with Crippen LogP contribution in [0.1, 0.15) is 18.5 Å². The third-order valence-electron chi connectivity index (χ3n) is 3.64. The number of hydrogen-bond donors (Lipinski definition) is 2. The van der Waals surface area contributed by atoms with E-state index in [-0.39, 0.29) is 0 Å². The van der Waals surface area contributed by atoms with E-state index >= 15 is 0 Å². The summed E-state index contributed by atoms with van der Waals surface area (Å²) in [6.07, 6.45) is 6.14. The fourth-order valence-electron chi connectivity index (χ4n) is 2.59. The van der Waals surface area contributed by atoms with E-state index in [4.69, 9.17) is 5.26 Å². The van der Waals surface area contributed by atoms with Crippen molar-refractivity contribution in [3.05, 3.63) is 24.0 Å². The van der Waals surface area contributed by atoms with Crippen LogP contribution in [0.15, 0.2) is 23.4 Å². The first-order valence-corrected chi connectivity index (χ1v) is 8.25. The number of fused-ring (bicyclic) bond motifs is 1. The fraction of sp³-hybridized carbons (Fsp3) is 0.400. The van der Waals surface area contributed by atoms with Crippen LogP contribution < -0.4 is 10.6 Å². The standard InChI is InChI=1S/C15H17N5S/c1-21-15-13-6-14(19-11-3-2-4-17-9-11)18-8-10(13)5-12(7-16)20-15/h5-6,8,11,17H,2-4,9H2,1H3,(H,18,19)/t11-/m0/s1. The van der Waals surface area contributed by atoms with Crippen LogP contribution in [0.2, 0.25) is 0 Å². The topological polar surface area (TPSA) is 73.6 Å². The summed E-state index contributed by atoms with van der Waals surface area (Å²) in [5.74, 6) is 0.873. The molecular formula is C15H17N5S. The summed E-state index contributed by atoms with van der Waals surface area (Å²) in [6.45, 7) is 2.07. The molecule has 1 aliphatic heterocycles. The Bertz CT molecular complexity index is 688. The van der Waals surface area contributed by atoms with Gasteiger partial charge in [0, 0.05) is 29.6 Å². The summed E-state index contributed by atoms with van der Waals surface area (Å²) >= 11 is 1.55. The van der Waals surface area contributed by atoms with Crippen molar-refractivity contribution in [2.45, 2.75) is 23.9 Å². The average Bonchev–Trinajstić information content (AvgIpc) is 2.54. The van der Waals surface area contributed by atoms with Crippen molar-refractivity contribution in [3.8, 4) is 6.07 Å². The molecule has 0 saturated carbocycles. The van der Waals surface area contributed by atoms with Gasteiger partial charge in [0.1, 0.15) is 22.6 Å². The zero-order valence-electron chi connectivity index (χ0n) is 11.9. The van der Waals surface area contributed by atoms with Crippen molar-refractivity contribution in [1.29, 1.82) is 5.26 Å². The van der Waals surface area contributed by atoms with E-state index in [1.807, 2.05) is 18.5 Å². The highest BCUT2D eigenvalue weighted by atomic mass is 32.2. The molecule has 1 saturated heterocycles. The van der Waals surface area contributed by atoms with Gasteiger partial charge in [-0.05, 0) is 37.8 Å². The molecule has 0 radical (unpaired) electrons. The number of piperidine rings is 1. The maximum absolute atomic E-state index is 9.03. The number of nitriles is 1. The molecule has 0 aliphatic carbocycles. The molecule has 3 rings (SSSR count). The van der Waals surface area contributed by atoms with E-state index in [0.717, 1.165) is 41.1 Å². The quantitative estimate of drug-likeness (QED) is 0.848. The van der Waals surface area contributed by atoms with Gasteiger partial charge in [-0.1, -0.05) is 0 Å². The maximum Gasteiger partial charge on any atom is 0.142 e. The van der Waals surface area contributed by atoms with Gasteiger partial charge >= 0.3 is 0 Å². The fourth-order valence-corrected chi connectivity index (χ4v) is 3.18. The molecule has 1 aliphatic rings. The van der Waals surface area contributed by atoms with E-state index in [9.17, 15) is 0 Å². The number of nitrogens with zero attached hydrogens (tertiary/aromatic N) is 3. The molecule has 3 heterocycles. The van der Waals surface area contributed by atoms with Crippen molar-refractivity contribution in [1.82, 2.24) is 15.3 Å². The molecule has 0 spiro atoms. The average molecular weight is 299 g/mol. The first-order valence-electron chi connectivity index (χ1n) is 7.02. The smallest absolute Gasteiger partial charge is 0.142 e. The number of nitrogens with one attached hydrogen (secondary N) is 2. The van der Waals surface area contributed by atoms with Gasteiger partial charge in [0.2, 0.25) is 0 Å². The molecule has 6 heteroatoms. The zero-order chi connectivity index (χ0) is 14.7. The highest BCUT2D eigenvalue weighted by Gasteiger charge is 2.14. The Labute approximate surface area is 128 Å². The monoisotopic (exact) mass is 299 g/mol. The molecule has 0 unspecified atom stereocenters. The second kappa shape index (κ2) is 6.29. The van der Waals surface area contributed by atoms with Gasteiger partial charge in [-0.3, -0.25) is 0 Å². The summed E-state index contributed by atoms with van der Waals surface area (Å²) in [4.78, 5) is 8.83. The van der Waals surface area contributed by atoms with Crippen molar-refractivity contribution >= 4 is 28.4 Å². The van der Waals surface area contributed by atoms with Gasteiger partial charge in [0.15, 0.2) is 0 Å². The summed E-state index contributed by atoms with van der Waals surface area (Å²) in [5.41, 5.74) is 0.436. The SMILES string of the molecule is CSc1nc(C#N)cc2cnc(N[C@H]3CCCNC3)cc12. The van der Waals surface area contributed by atoms with Crippen molar-refractivity contribution in [2.24, 2.45) is 0 Å². The van der Waals surface area contributed by atoms with Crippen molar-refractivity contribution in [2.75, 3.05) is 24.7 Å². The summed E-state index contributed by atoms with van der Waals surface area (Å²) < 4.78 is 0. The van der Waals surface area contributed by atoms with E-state index in [1.54, 1.807) is 17.8 Å². The molecule has 1 atom stereocenters. The minimum Gasteiger partial charge on any atom is -0.366 e. The molecule has 0 bridgehead atoms. The largest absolute Gasteiger partial charge is 0.366 e. The van der Waals surface area contributed by atoms with Crippen LogP contribution in [0.4, 0.5) is 5.82 Å². The summed E-state index contributed by atoms with van der Waals surface area (Å²) in [5, 5.41) is 18.8. The molecule has 2 aromatic heterocycles. The lowest BCUT2D eigenvalue weighted by atomic mass is 10.1. The predicted octanol–water partition coefficient (Wildman–Crippen LogP) is 2.39. The normalized spacial score (nSPS) is 18.4. The van der Waals surface area contributed by atoms with Gasteiger partial charge in [0.05, 0.1) is 0 Å². The minimum atomic E-state index is 0.424. The predicted molar refractivity (Wildman–Crippen MR) is 85.5 cm³/mol. The molecule has 1 fully saturated rings. The van der Waals surface area contributed by atoms with Crippen molar-refractivity contribution in [3.63, 3.8) is 0 Å². The molecule has 108 valence electrons. The van der Waals surface area contributed by atoms with Crippen molar-refractivity contribution < 1.29 is 0 Å². The number of aromatic nitrogens is 2. The van der Waals surface area contributed by atoms with Gasteiger partial charge in [0.25, 0.3) is 0 Å². The van der Waals surface area contributed by atoms with Gasteiger partial charge < -0.3 is 10.6 Å². The van der Waals surface area contributed by atoms with Crippen LogP contribution in [0.3, 0.4) is 0 Å². The number of hydrogen-bond acceptors (Lipinski definition) is 6. The molecule has 0 amide bonds.